The molecule has 0 radical (unpaired) electrons. The maximum atomic E-state index is 13.7. The zero-order valence-corrected chi connectivity index (χ0v) is 12.1. The van der Waals surface area contributed by atoms with E-state index in [2.05, 4.69) is 9.97 Å². The summed E-state index contributed by atoms with van der Waals surface area (Å²) in [7, 11) is 0. The zero-order chi connectivity index (χ0) is 14.7. The fraction of sp³-hybridized carbons (Fsp3) is 0.125. The lowest BCUT2D eigenvalue weighted by atomic mass is 10.1. The number of rotatable bonds is 4. The van der Waals surface area contributed by atoms with E-state index in [1.165, 1.54) is 17.4 Å². The Morgan fingerprint density at radius 1 is 1.14 bits per heavy atom. The van der Waals surface area contributed by atoms with Crippen molar-refractivity contribution < 1.29 is 4.39 Å². The van der Waals surface area contributed by atoms with Gasteiger partial charge in [-0.3, -0.25) is 4.98 Å². The number of halogens is 1. The molecule has 3 rings (SSSR count). The van der Waals surface area contributed by atoms with E-state index in [4.69, 9.17) is 5.73 Å². The van der Waals surface area contributed by atoms with Gasteiger partial charge in [-0.2, -0.15) is 0 Å². The molecule has 0 saturated carbocycles. The van der Waals surface area contributed by atoms with E-state index in [1.54, 1.807) is 12.3 Å². The molecule has 1 atom stereocenters. The highest BCUT2D eigenvalue weighted by Gasteiger charge is 2.15. The molecule has 0 aliphatic heterocycles. The molecule has 2 aromatic heterocycles. The molecule has 3 aromatic rings. The SMILES string of the molecule is NC(Cc1nc(-c2ccccc2)cs1)c1ncccc1F. The minimum Gasteiger partial charge on any atom is -0.322 e. The summed E-state index contributed by atoms with van der Waals surface area (Å²) in [4.78, 5) is 8.58. The smallest absolute Gasteiger partial charge is 0.146 e. The second kappa shape index (κ2) is 6.11. The van der Waals surface area contributed by atoms with Crippen molar-refractivity contribution in [1.82, 2.24) is 9.97 Å². The van der Waals surface area contributed by atoms with Crippen LogP contribution in [0, 0.1) is 5.82 Å². The quantitative estimate of drug-likeness (QED) is 0.801. The first kappa shape index (κ1) is 13.9. The van der Waals surface area contributed by atoms with E-state index in [-0.39, 0.29) is 11.5 Å². The van der Waals surface area contributed by atoms with E-state index in [0.717, 1.165) is 16.3 Å². The fourth-order valence-corrected chi connectivity index (χ4v) is 2.96. The second-order valence-corrected chi connectivity index (χ2v) is 5.62. The largest absolute Gasteiger partial charge is 0.322 e. The summed E-state index contributed by atoms with van der Waals surface area (Å²) in [6, 6.07) is 12.4. The number of nitrogens with two attached hydrogens (primary N) is 1. The Morgan fingerprint density at radius 3 is 2.71 bits per heavy atom. The van der Waals surface area contributed by atoms with Crippen molar-refractivity contribution in [2.45, 2.75) is 12.5 Å². The van der Waals surface area contributed by atoms with E-state index in [9.17, 15) is 4.39 Å². The number of aromatic nitrogens is 2. The average molecular weight is 299 g/mol. The van der Waals surface area contributed by atoms with Crippen LogP contribution in [-0.4, -0.2) is 9.97 Å². The Hall–Kier alpha value is -2.11. The second-order valence-electron chi connectivity index (χ2n) is 4.67. The third-order valence-electron chi connectivity index (χ3n) is 3.15. The predicted octanol–water partition coefficient (Wildman–Crippen LogP) is 3.59. The summed E-state index contributed by atoms with van der Waals surface area (Å²) in [5.41, 5.74) is 8.31. The number of benzene rings is 1. The Labute approximate surface area is 126 Å². The van der Waals surface area contributed by atoms with Crippen LogP contribution in [0.2, 0.25) is 0 Å². The van der Waals surface area contributed by atoms with E-state index >= 15 is 0 Å². The molecule has 2 heterocycles. The van der Waals surface area contributed by atoms with Crippen LogP contribution in [0.4, 0.5) is 4.39 Å². The van der Waals surface area contributed by atoms with Crippen LogP contribution in [0.25, 0.3) is 11.3 Å². The molecule has 0 aliphatic carbocycles. The van der Waals surface area contributed by atoms with Gasteiger partial charge in [-0.1, -0.05) is 30.3 Å². The van der Waals surface area contributed by atoms with Gasteiger partial charge in [-0.25, -0.2) is 9.37 Å². The van der Waals surface area contributed by atoms with Crippen molar-refractivity contribution in [2.75, 3.05) is 0 Å². The zero-order valence-electron chi connectivity index (χ0n) is 11.2. The minimum absolute atomic E-state index is 0.286. The molecule has 1 unspecified atom stereocenters. The summed E-state index contributed by atoms with van der Waals surface area (Å²) < 4.78 is 13.7. The molecule has 21 heavy (non-hydrogen) atoms. The van der Waals surface area contributed by atoms with Gasteiger partial charge in [0.1, 0.15) is 5.82 Å². The van der Waals surface area contributed by atoms with Crippen molar-refractivity contribution in [2.24, 2.45) is 5.73 Å². The van der Waals surface area contributed by atoms with Gasteiger partial charge in [-0.05, 0) is 12.1 Å². The molecule has 0 saturated heterocycles. The number of pyridine rings is 1. The maximum absolute atomic E-state index is 13.7. The monoisotopic (exact) mass is 299 g/mol. The summed E-state index contributed by atoms with van der Waals surface area (Å²) in [6.45, 7) is 0. The van der Waals surface area contributed by atoms with Crippen molar-refractivity contribution >= 4 is 11.3 Å². The first-order valence-corrected chi connectivity index (χ1v) is 7.48. The van der Waals surface area contributed by atoms with Gasteiger partial charge in [0.15, 0.2) is 0 Å². The molecule has 0 bridgehead atoms. The van der Waals surface area contributed by atoms with Crippen molar-refractivity contribution in [3.05, 3.63) is 70.6 Å². The first-order chi connectivity index (χ1) is 10.2. The lowest BCUT2D eigenvalue weighted by molar-refractivity contribution is 0.563. The molecule has 0 amide bonds. The molecule has 2 N–H and O–H groups in total. The third kappa shape index (κ3) is 3.15. The van der Waals surface area contributed by atoms with E-state index in [1.807, 2.05) is 35.7 Å². The summed E-state index contributed by atoms with van der Waals surface area (Å²) in [6.07, 6.45) is 2.03. The van der Waals surface area contributed by atoms with Gasteiger partial charge >= 0.3 is 0 Å². The number of hydrogen-bond donors (Lipinski definition) is 1. The highest BCUT2D eigenvalue weighted by molar-refractivity contribution is 7.09. The molecule has 3 nitrogen and oxygen atoms in total. The molecule has 0 fully saturated rings. The maximum Gasteiger partial charge on any atom is 0.146 e. The van der Waals surface area contributed by atoms with Gasteiger partial charge in [0.05, 0.1) is 22.4 Å². The van der Waals surface area contributed by atoms with Crippen LogP contribution in [0.1, 0.15) is 16.7 Å². The number of hydrogen-bond acceptors (Lipinski definition) is 4. The lowest BCUT2D eigenvalue weighted by Crippen LogP contribution is -2.16. The van der Waals surface area contributed by atoms with Gasteiger partial charge in [0.2, 0.25) is 0 Å². The van der Waals surface area contributed by atoms with Gasteiger partial charge in [-0.15, -0.1) is 11.3 Å². The minimum atomic E-state index is -0.485. The van der Waals surface area contributed by atoms with Crippen LogP contribution in [-0.2, 0) is 6.42 Å². The third-order valence-corrected chi connectivity index (χ3v) is 4.03. The molecule has 0 spiro atoms. The van der Waals surface area contributed by atoms with Gasteiger partial charge in [0, 0.05) is 23.6 Å². The highest BCUT2D eigenvalue weighted by Crippen LogP contribution is 2.24. The molecular weight excluding hydrogens is 285 g/mol. The molecule has 0 aliphatic rings. The van der Waals surface area contributed by atoms with E-state index < -0.39 is 6.04 Å². The van der Waals surface area contributed by atoms with Gasteiger partial charge in [0.25, 0.3) is 0 Å². The highest BCUT2D eigenvalue weighted by atomic mass is 32.1. The fourth-order valence-electron chi connectivity index (χ4n) is 2.10. The van der Waals surface area contributed by atoms with Crippen LogP contribution in [0.3, 0.4) is 0 Å². The summed E-state index contributed by atoms with van der Waals surface area (Å²) >= 11 is 1.53. The van der Waals surface area contributed by atoms with Crippen molar-refractivity contribution in [1.29, 1.82) is 0 Å². The number of nitrogens with zero attached hydrogens (tertiary/aromatic N) is 2. The van der Waals surface area contributed by atoms with Crippen LogP contribution >= 0.6 is 11.3 Å². The molecule has 5 heteroatoms. The standard InChI is InChI=1S/C16H14FN3S/c17-12-7-4-8-19-16(12)13(18)9-15-20-14(10-21-15)11-5-2-1-3-6-11/h1-8,10,13H,9,18H2. The van der Waals surface area contributed by atoms with Crippen LogP contribution < -0.4 is 5.73 Å². The average Bonchev–Trinajstić information content (AvgIpc) is 2.97. The Morgan fingerprint density at radius 2 is 1.95 bits per heavy atom. The van der Waals surface area contributed by atoms with Gasteiger partial charge < -0.3 is 5.73 Å². The first-order valence-electron chi connectivity index (χ1n) is 6.60. The Kier molecular flexibility index (Phi) is 4.03. The van der Waals surface area contributed by atoms with Crippen molar-refractivity contribution in [3.63, 3.8) is 0 Å². The predicted molar refractivity (Wildman–Crippen MR) is 82.4 cm³/mol. The van der Waals surface area contributed by atoms with Crippen molar-refractivity contribution in [3.8, 4) is 11.3 Å². The lowest BCUT2D eigenvalue weighted by Gasteiger charge is -2.09. The molecule has 1 aromatic carbocycles. The summed E-state index contributed by atoms with van der Waals surface area (Å²) in [5, 5.41) is 2.87. The Balaban J connectivity index is 1.77. The Bertz CT molecular complexity index is 727. The molecular formula is C16H14FN3S. The van der Waals surface area contributed by atoms with E-state index in [0.29, 0.717) is 6.42 Å². The summed E-state index contributed by atoms with van der Waals surface area (Å²) in [5.74, 6) is -0.371. The molecule has 106 valence electrons. The van der Waals surface area contributed by atoms with Crippen LogP contribution in [0.5, 0.6) is 0 Å². The topological polar surface area (TPSA) is 51.8 Å². The van der Waals surface area contributed by atoms with Crippen LogP contribution in [0.15, 0.2) is 54.0 Å². The number of thiazole rings is 1. The normalized spacial score (nSPS) is 12.3.